The number of nitrogens with zero attached hydrogens (tertiary/aromatic N) is 1. The first-order chi connectivity index (χ1) is 14.9. The van der Waals surface area contributed by atoms with E-state index in [9.17, 15) is 4.79 Å². The molecule has 158 valence electrons. The lowest BCUT2D eigenvalue weighted by Gasteiger charge is -2.12. The van der Waals surface area contributed by atoms with Gasteiger partial charge in [0.15, 0.2) is 5.58 Å². The maximum absolute atomic E-state index is 12.8. The Hall–Kier alpha value is -2.64. The van der Waals surface area contributed by atoms with Gasteiger partial charge in [0.1, 0.15) is 11.3 Å². The van der Waals surface area contributed by atoms with Gasteiger partial charge in [0.05, 0.1) is 17.1 Å². The van der Waals surface area contributed by atoms with E-state index >= 15 is 0 Å². The highest BCUT2D eigenvalue weighted by molar-refractivity contribution is 9.11. The molecular formula is C24H20Br2N2O3. The summed E-state index contributed by atoms with van der Waals surface area (Å²) in [6.07, 6.45) is 0. The molecule has 3 aromatic carbocycles. The number of hydrogen-bond donors (Lipinski definition) is 1. The second kappa shape index (κ2) is 8.85. The molecule has 0 aliphatic heterocycles. The quantitative estimate of drug-likeness (QED) is 0.285. The summed E-state index contributed by atoms with van der Waals surface area (Å²) in [7, 11) is 1.53. The lowest BCUT2D eigenvalue weighted by atomic mass is 10.0. The summed E-state index contributed by atoms with van der Waals surface area (Å²) in [5.41, 5.74) is 4.73. The monoisotopic (exact) mass is 542 g/mol. The fraction of sp³-hybridized carbons (Fsp3) is 0.167. The van der Waals surface area contributed by atoms with E-state index in [0.717, 1.165) is 21.1 Å². The summed E-state index contributed by atoms with van der Waals surface area (Å²) in [5, 5.41) is 2.90. The maximum atomic E-state index is 12.8. The first kappa shape index (κ1) is 21.6. The smallest absolute Gasteiger partial charge is 0.259 e. The number of benzene rings is 3. The number of rotatable bonds is 5. The van der Waals surface area contributed by atoms with Gasteiger partial charge >= 0.3 is 0 Å². The lowest BCUT2D eigenvalue weighted by Crippen LogP contribution is -2.13. The van der Waals surface area contributed by atoms with Crippen molar-refractivity contribution in [3.8, 4) is 17.2 Å². The van der Waals surface area contributed by atoms with Gasteiger partial charge < -0.3 is 14.5 Å². The van der Waals surface area contributed by atoms with Crippen LogP contribution in [0.15, 0.2) is 68.0 Å². The molecule has 0 aliphatic rings. The van der Waals surface area contributed by atoms with E-state index in [0.29, 0.717) is 33.3 Å². The zero-order valence-electron chi connectivity index (χ0n) is 17.2. The van der Waals surface area contributed by atoms with E-state index < -0.39 is 0 Å². The van der Waals surface area contributed by atoms with Crippen molar-refractivity contribution in [3.05, 3.63) is 74.7 Å². The molecule has 0 radical (unpaired) electrons. The molecule has 4 aromatic rings. The number of nitrogens with one attached hydrogen (secondary N) is 1. The van der Waals surface area contributed by atoms with Crippen molar-refractivity contribution in [1.29, 1.82) is 0 Å². The average Bonchev–Trinajstić information content (AvgIpc) is 3.17. The number of anilines is 1. The van der Waals surface area contributed by atoms with Gasteiger partial charge in [-0.15, -0.1) is 0 Å². The van der Waals surface area contributed by atoms with E-state index in [2.05, 4.69) is 68.1 Å². The van der Waals surface area contributed by atoms with E-state index in [1.54, 1.807) is 6.07 Å². The summed E-state index contributed by atoms with van der Waals surface area (Å²) in [5.74, 6) is 1.18. The molecule has 0 unspecified atom stereocenters. The highest BCUT2D eigenvalue weighted by atomic mass is 79.9. The average molecular weight is 544 g/mol. The molecule has 5 nitrogen and oxygen atoms in total. The number of fused-ring (bicyclic) bond motifs is 1. The van der Waals surface area contributed by atoms with Gasteiger partial charge in [-0.05, 0) is 75.9 Å². The number of oxazole rings is 1. The number of halogens is 2. The first-order valence-electron chi connectivity index (χ1n) is 9.71. The number of hydrogen-bond acceptors (Lipinski definition) is 4. The Morgan fingerprint density at radius 2 is 1.81 bits per heavy atom. The summed E-state index contributed by atoms with van der Waals surface area (Å²) in [6.45, 7) is 4.30. The van der Waals surface area contributed by atoms with Gasteiger partial charge in [-0.25, -0.2) is 4.98 Å². The minimum absolute atomic E-state index is 0.269. The van der Waals surface area contributed by atoms with Gasteiger partial charge in [0, 0.05) is 15.7 Å². The zero-order valence-corrected chi connectivity index (χ0v) is 20.4. The van der Waals surface area contributed by atoms with Crippen LogP contribution in [0.1, 0.15) is 35.7 Å². The number of carbonyl (C=O) groups is 1. The van der Waals surface area contributed by atoms with Crippen LogP contribution in [0.4, 0.5) is 5.69 Å². The Labute approximate surface area is 197 Å². The summed E-state index contributed by atoms with van der Waals surface area (Å²) < 4.78 is 12.8. The number of amides is 1. The fourth-order valence-electron chi connectivity index (χ4n) is 3.26. The van der Waals surface area contributed by atoms with Crippen molar-refractivity contribution < 1.29 is 13.9 Å². The first-order valence-corrected chi connectivity index (χ1v) is 11.3. The lowest BCUT2D eigenvalue weighted by molar-refractivity contribution is 0.102. The van der Waals surface area contributed by atoms with Crippen LogP contribution in [0.5, 0.6) is 5.75 Å². The number of carbonyl (C=O) groups excluding carboxylic acids is 1. The molecule has 0 aliphatic carbocycles. The molecule has 1 N–H and O–H groups in total. The standard InChI is InChI=1S/C24H20Br2N2O3/c1-13(2)15-6-9-21-20(10-15)28-24(31-21)14-4-7-17(8-5-14)27-23(29)18-11-16(25)12-19(26)22(18)30-3/h4-13H,1-3H3,(H,27,29). The van der Waals surface area contributed by atoms with Crippen LogP contribution in [0.25, 0.3) is 22.6 Å². The summed E-state index contributed by atoms with van der Waals surface area (Å²) >= 11 is 6.83. The predicted molar refractivity (Wildman–Crippen MR) is 130 cm³/mol. The van der Waals surface area contributed by atoms with Gasteiger partial charge in [-0.3, -0.25) is 4.79 Å². The minimum Gasteiger partial charge on any atom is -0.495 e. The Morgan fingerprint density at radius 1 is 1.06 bits per heavy atom. The van der Waals surface area contributed by atoms with Crippen LogP contribution in [-0.2, 0) is 0 Å². The molecule has 4 rings (SSSR count). The van der Waals surface area contributed by atoms with Gasteiger partial charge in [0.2, 0.25) is 5.89 Å². The highest BCUT2D eigenvalue weighted by Crippen LogP contribution is 2.33. The third-order valence-electron chi connectivity index (χ3n) is 4.93. The second-order valence-electron chi connectivity index (χ2n) is 7.40. The van der Waals surface area contributed by atoms with E-state index in [-0.39, 0.29) is 5.91 Å². The molecule has 0 fully saturated rings. The highest BCUT2D eigenvalue weighted by Gasteiger charge is 2.17. The van der Waals surface area contributed by atoms with Gasteiger partial charge in [0.25, 0.3) is 5.91 Å². The number of methoxy groups -OCH3 is 1. The predicted octanol–water partition coefficient (Wildman–Crippen LogP) is 7.40. The number of ether oxygens (including phenoxy) is 1. The second-order valence-corrected chi connectivity index (χ2v) is 9.17. The molecule has 0 spiro atoms. The van der Waals surface area contributed by atoms with E-state index in [4.69, 9.17) is 9.15 Å². The Morgan fingerprint density at radius 3 is 2.48 bits per heavy atom. The molecule has 0 saturated carbocycles. The van der Waals surface area contributed by atoms with Crippen molar-refractivity contribution >= 4 is 54.6 Å². The zero-order chi connectivity index (χ0) is 22.1. The van der Waals surface area contributed by atoms with Crippen molar-refractivity contribution in [3.63, 3.8) is 0 Å². The van der Waals surface area contributed by atoms with Crippen molar-refractivity contribution in [2.45, 2.75) is 19.8 Å². The summed E-state index contributed by atoms with van der Waals surface area (Å²) in [4.78, 5) is 17.4. The SMILES string of the molecule is COc1c(Br)cc(Br)cc1C(=O)Nc1ccc(-c2nc3cc(C(C)C)ccc3o2)cc1. The maximum Gasteiger partial charge on any atom is 0.259 e. The molecule has 1 heterocycles. The third kappa shape index (κ3) is 4.52. The molecule has 31 heavy (non-hydrogen) atoms. The van der Waals surface area contributed by atoms with Crippen LogP contribution < -0.4 is 10.1 Å². The van der Waals surface area contributed by atoms with Crippen molar-refractivity contribution in [2.24, 2.45) is 0 Å². The van der Waals surface area contributed by atoms with E-state index in [1.165, 1.54) is 12.7 Å². The van der Waals surface area contributed by atoms with E-state index in [1.807, 2.05) is 36.4 Å². The molecule has 1 amide bonds. The van der Waals surface area contributed by atoms with Crippen LogP contribution in [0, 0.1) is 0 Å². The number of aromatic nitrogens is 1. The largest absolute Gasteiger partial charge is 0.495 e. The minimum atomic E-state index is -0.269. The Bertz CT molecular complexity index is 1260. The molecule has 0 bridgehead atoms. The normalized spacial score (nSPS) is 11.2. The molecule has 1 aromatic heterocycles. The molecular weight excluding hydrogens is 524 g/mol. The topological polar surface area (TPSA) is 64.4 Å². The summed E-state index contributed by atoms with van der Waals surface area (Å²) in [6, 6.07) is 17.0. The third-order valence-corrected chi connectivity index (χ3v) is 5.97. The molecule has 0 atom stereocenters. The van der Waals surface area contributed by atoms with Crippen LogP contribution in [0.3, 0.4) is 0 Å². The van der Waals surface area contributed by atoms with Gasteiger partial charge in [-0.2, -0.15) is 0 Å². The Kier molecular flexibility index (Phi) is 6.16. The van der Waals surface area contributed by atoms with Crippen LogP contribution in [0.2, 0.25) is 0 Å². The van der Waals surface area contributed by atoms with Crippen molar-refractivity contribution in [2.75, 3.05) is 12.4 Å². The van der Waals surface area contributed by atoms with Crippen LogP contribution in [-0.4, -0.2) is 18.0 Å². The molecule has 7 heteroatoms. The Balaban J connectivity index is 1.56. The van der Waals surface area contributed by atoms with Crippen LogP contribution >= 0.6 is 31.9 Å². The fourth-order valence-corrected chi connectivity index (χ4v) is 4.65. The van der Waals surface area contributed by atoms with Crippen molar-refractivity contribution in [1.82, 2.24) is 4.98 Å². The molecule has 0 saturated heterocycles. The van der Waals surface area contributed by atoms with Gasteiger partial charge in [-0.1, -0.05) is 35.8 Å².